The molecule has 216 valence electrons. The van der Waals surface area contributed by atoms with E-state index in [1.165, 1.54) is 35.9 Å². The number of thioether (sulfide) groups is 1. The molecule has 0 amide bonds. The number of nitrogens with one attached hydrogen (secondary N) is 2. The van der Waals surface area contributed by atoms with Gasteiger partial charge in [-0.15, -0.1) is 11.8 Å². The molecule has 39 heavy (non-hydrogen) atoms. The normalized spacial score (nSPS) is 29.5. The third kappa shape index (κ3) is 5.65. The molecule has 2 saturated heterocycles. The van der Waals surface area contributed by atoms with Crippen LogP contribution in [-0.4, -0.2) is 43.9 Å². The smallest absolute Gasteiger partial charge is 0.299 e. The number of pyridine rings is 1. The molecule has 11 heteroatoms. The van der Waals surface area contributed by atoms with Gasteiger partial charge in [0.2, 0.25) is 0 Å². The number of fused-ring (bicyclic) bond motifs is 1. The first-order valence-electron chi connectivity index (χ1n) is 14.4. The Labute approximate surface area is 230 Å². The average Bonchev–Trinajstić information content (AvgIpc) is 3.50. The lowest BCUT2D eigenvalue weighted by molar-refractivity contribution is -0.136. The average molecular weight is 570 g/mol. The Morgan fingerprint density at radius 3 is 2.46 bits per heavy atom. The quantitative estimate of drug-likeness (QED) is 0.436. The zero-order chi connectivity index (χ0) is 27.4. The van der Waals surface area contributed by atoms with Crippen LogP contribution in [0.5, 0.6) is 0 Å². The molecular weight excluding hydrogens is 530 g/mol. The van der Waals surface area contributed by atoms with Crippen LogP contribution in [0.15, 0.2) is 23.3 Å². The van der Waals surface area contributed by atoms with Gasteiger partial charge in [-0.1, -0.05) is 25.7 Å². The Morgan fingerprint density at radius 1 is 1.10 bits per heavy atom. The second-order valence-electron chi connectivity index (χ2n) is 12.4. The van der Waals surface area contributed by atoms with Crippen molar-refractivity contribution >= 4 is 17.3 Å². The molecule has 4 heterocycles. The van der Waals surface area contributed by atoms with E-state index >= 15 is 0 Å². The molecule has 6 rings (SSSR count). The molecule has 6 nitrogen and oxygen atoms in total. The Hall–Kier alpha value is -1.56. The van der Waals surface area contributed by atoms with E-state index in [-0.39, 0.29) is 18.1 Å². The number of likely N-dealkylation sites (tertiary alicyclic amines) is 1. The Morgan fingerprint density at radius 2 is 1.82 bits per heavy atom. The van der Waals surface area contributed by atoms with Crippen LogP contribution in [-0.2, 0) is 12.7 Å². The van der Waals surface area contributed by atoms with Gasteiger partial charge in [0.25, 0.3) is 0 Å². The molecular formula is C28H39F4N5OS. The molecule has 0 spiro atoms. The maximum atomic E-state index is 14.2. The molecule has 2 aliphatic heterocycles. The fourth-order valence-electron chi connectivity index (χ4n) is 7.30. The van der Waals surface area contributed by atoms with Gasteiger partial charge in [0.15, 0.2) is 0 Å². The molecule has 3 unspecified atom stereocenters. The van der Waals surface area contributed by atoms with Gasteiger partial charge in [-0.2, -0.15) is 13.2 Å². The number of aromatic nitrogens is 2. The summed E-state index contributed by atoms with van der Waals surface area (Å²) in [5, 5.41) is 0.341. The summed E-state index contributed by atoms with van der Waals surface area (Å²) in [6, 6.07) is 1.07. The lowest BCUT2D eigenvalue weighted by Gasteiger charge is -2.44. The molecule has 4 aliphatic rings. The number of hydrogen-bond acceptors (Lipinski definition) is 5. The van der Waals surface area contributed by atoms with Crippen LogP contribution in [0.25, 0.3) is 5.52 Å². The highest BCUT2D eigenvalue weighted by molar-refractivity contribution is 8.00. The first-order valence-corrected chi connectivity index (χ1v) is 15.5. The summed E-state index contributed by atoms with van der Waals surface area (Å²) >= 11 is 1.90. The summed E-state index contributed by atoms with van der Waals surface area (Å²) in [4.78, 5) is 15.6. The highest BCUT2D eigenvalue weighted by Gasteiger charge is 2.42. The second-order valence-corrected chi connectivity index (χ2v) is 13.6. The van der Waals surface area contributed by atoms with Crippen LogP contribution in [0.3, 0.4) is 0 Å². The molecule has 4 fully saturated rings. The highest BCUT2D eigenvalue weighted by atomic mass is 32.2. The maximum absolute atomic E-state index is 14.2. The molecule has 4 atom stereocenters. The third-order valence-corrected chi connectivity index (χ3v) is 10.8. The van der Waals surface area contributed by atoms with Gasteiger partial charge in [-0.05, 0) is 68.4 Å². The van der Waals surface area contributed by atoms with E-state index in [1.807, 2.05) is 16.7 Å². The van der Waals surface area contributed by atoms with Gasteiger partial charge in [-0.3, -0.25) is 13.9 Å². The largest absolute Gasteiger partial charge is 0.418 e. The van der Waals surface area contributed by atoms with Crippen LogP contribution in [0.2, 0.25) is 0 Å². The first kappa shape index (κ1) is 27.6. The minimum atomic E-state index is -4.58. The minimum Gasteiger partial charge on any atom is -0.299 e. The predicted molar refractivity (Wildman–Crippen MR) is 145 cm³/mol. The van der Waals surface area contributed by atoms with Crippen molar-refractivity contribution in [2.24, 2.45) is 17.8 Å². The monoisotopic (exact) mass is 569 g/mol. The summed E-state index contributed by atoms with van der Waals surface area (Å²) in [5.41, 5.74) is 4.64. The summed E-state index contributed by atoms with van der Waals surface area (Å²) in [5.74, 6) is 2.49. The van der Waals surface area contributed by atoms with Crippen molar-refractivity contribution < 1.29 is 17.6 Å². The van der Waals surface area contributed by atoms with E-state index in [1.54, 1.807) is 17.7 Å². The van der Waals surface area contributed by atoms with Crippen molar-refractivity contribution in [3.63, 3.8) is 0 Å². The Kier molecular flexibility index (Phi) is 7.56. The summed E-state index contributed by atoms with van der Waals surface area (Å²) in [6.45, 7) is 2.81. The number of hydrazine groups is 1. The molecule has 2 N–H and O–H groups in total. The number of nitrogens with zero attached hydrogens (tertiary/aromatic N) is 3. The van der Waals surface area contributed by atoms with E-state index in [0.29, 0.717) is 54.6 Å². The van der Waals surface area contributed by atoms with Crippen molar-refractivity contribution in [1.82, 2.24) is 24.7 Å². The Balaban J connectivity index is 1.29. The summed E-state index contributed by atoms with van der Waals surface area (Å²) in [6.07, 6.45) is 6.57. The molecule has 2 aromatic rings. The second kappa shape index (κ2) is 10.7. The van der Waals surface area contributed by atoms with Crippen LogP contribution in [0, 0.1) is 17.8 Å². The number of imidazole rings is 1. The number of halogens is 4. The SMILES string of the molecule is CC1(F)CCN(Cc2cc(C(F)(F)F)c3cn(C4CCCC([C@@H](C5CCC5)C5NNCS5)C4)c(=O)n3c2)CC1. The van der Waals surface area contributed by atoms with Crippen LogP contribution in [0.4, 0.5) is 17.6 Å². The standard InChI is InChI=1S/C28H39F4N5OS/c1-27(29)8-10-35(11-9-27)14-18-12-22(28(30,31)32)23-16-36(26(38)37(23)15-18)21-7-3-6-20(13-21)24(19-4-2-5-19)25-34-33-17-39-25/h12,15-16,19-21,24-25,33-34H,2-11,13-14,17H2,1H3/t20?,21?,24-,25?/m1/s1. The number of piperidine rings is 1. The first-order chi connectivity index (χ1) is 18.6. The van der Waals surface area contributed by atoms with Crippen molar-refractivity contribution in [3.05, 3.63) is 40.1 Å². The van der Waals surface area contributed by atoms with Gasteiger partial charge in [0.1, 0.15) is 5.67 Å². The van der Waals surface area contributed by atoms with E-state index in [2.05, 4.69) is 10.9 Å². The van der Waals surface area contributed by atoms with Gasteiger partial charge in [0, 0.05) is 38.1 Å². The zero-order valence-electron chi connectivity index (χ0n) is 22.5. The van der Waals surface area contributed by atoms with E-state index < -0.39 is 23.1 Å². The summed E-state index contributed by atoms with van der Waals surface area (Å²) < 4.78 is 59.7. The molecule has 2 saturated carbocycles. The molecule has 2 aliphatic carbocycles. The lowest BCUT2D eigenvalue weighted by Crippen LogP contribution is -2.45. The predicted octanol–water partition coefficient (Wildman–Crippen LogP) is 5.72. The fraction of sp³-hybridized carbons (Fsp3) is 0.750. The fourth-order valence-corrected chi connectivity index (χ4v) is 8.48. The van der Waals surface area contributed by atoms with Gasteiger partial charge in [0.05, 0.1) is 22.3 Å². The minimum absolute atomic E-state index is 0.0823. The molecule has 0 aromatic carbocycles. The molecule has 0 radical (unpaired) electrons. The topological polar surface area (TPSA) is 53.7 Å². The van der Waals surface area contributed by atoms with Crippen molar-refractivity contribution in [2.75, 3.05) is 19.0 Å². The van der Waals surface area contributed by atoms with Crippen molar-refractivity contribution in [2.45, 2.75) is 94.5 Å². The van der Waals surface area contributed by atoms with Crippen LogP contribution < -0.4 is 16.5 Å². The van der Waals surface area contributed by atoms with Crippen molar-refractivity contribution in [1.29, 1.82) is 0 Å². The van der Waals surface area contributed by atoms with Crippen LogP contribution >= 0.6 is 11.8 Å². The third-order valence-electron chi connectivity index (χ3n) is 9.71. The number of rotatable bonds is 6. The maximum Gasteiger partial charge on any atom is 0.418 e. The van der Waals surface area contributed by atoms with Gasteiger partial charge < -0.3 is 0 Å². The van der Waals surface area contributed by atoms with E-state index in [9.17, 15) is 22.4 Å². The van der Waals surface area contributed by atoms with Gasteiger partial charge >= 0.3 is 11.9 Å². The highest BCUT2D eigenvalue weighted by Crippen LogP contribution is 2.48. The van der Waals surface area contributed by atoms with Crippen molar-refractivity contribution in [3.8, 4) is 0 Å². The Bertz CT molecular complexity index is 1220. The van der Waals surface area contributed by atoms with Gasteiger partial charge in [-0.25, -0.2) is 20.0 Å². The van der Waals surface area contributed by atoms with Crippen LogP contribution in [0.1, 0.15) is 81.9 Å². The summed E-state index contributed by atoms with van der Waals surface area (Å²) in [7, 11) is 0. The number of hydrogen-bond donors (Lipinski definition) is 2. The number of alkyl halides is 4. The zero-order valence-corrected chi connectivity index (χ0v) is 23.3. The van der Waals surface area contributed by atoms with E-state index in [4.69, 9.17) is 0 Å². The van der Waals surface area contributed by atoms with E-state index in [0.717, 1.165) is 31.6 Å². The lowest BCUT2D eigenvalue weighted by atomic mass is 9.66. The molecule has 2 aromatic heterocycles. The molecule has 0 bridgehead atoms.